The molecule has 37 heavy (non-hydrogen) atoms. The standard InChI is InChI=1S/C28H33N3O5S/c1-34-17-19-7-6-14-31(19)25(20-8-4-5-9-22(20)35-2)24-16-29-27(37-24)30-26(33)28(12-13-28)18-10-11-21(32)23(15-18)36-3/h4-5,8-11,15-16,19,25,32H,6-7,12-14,17H2,1-3H3,(H,29,30,33)/t19-,25?/m0/s1. The molecule has 9 heteroatoms. The number of ether oxygens (including phenoxy) is 3. The molecule has 2 heterocycles. The van der Waals surface area contributed by atoms with Gasteiger partial charge >= 0.3 is 0 Å². The van der Waals surface area contributed by atoms with Crippen LogP contribution in [-0.4, -0.2) is 61.4 Å². The maximum absolute atomic E-state index is 13.4. The largest absolute Gasteiger partial charge is 0.504 e. The van der Waals surface area contributed by atoms with Crippen LogP contribution in [0.2, 0.25) is 0 Å². The minimum atomic E-state index is -0.632. The summed E-state index contributed by atoms with van der Waals surface area (Å²) in [7, 11) is 4.94. The fourth-order valence-electron chi connectivity index (χ4n) is 5.39. The van der Waals surface area contributed by atoms with Crippen LogP contribution in [0.1, 0.15) is 47.7 Å². The van der Waals surface area contributed by atoms with Crippen LogP contribution in [0.5, 0.6) is 17.2 Å². The van der Waals surface area contributed by atoms with Crippen molar-refractivity contribution in [3.05, 3.63) is 64.7 Å². The first-order chi connectivity index (χ1) is 18.0. The zero-order valence-electron chi connectivity index (χ0n) is 21.4. The number of benzene rings is 2. The first-order valence-electron chi connectivity index (χ1n) is 12.5. The number of nitrogens with one attached hydrogen (secondary N) is 1. The Hall–Kier alpha value is -3.14. The van der Waals surface area contributed by atoms with Crippen LogP contribution in [0.4, 0.5) is 5.13 Å². The molecule has 0 spiro atoms. The van der Waals surface area contributed by atoms with E-state index in [1.807, 2.05) is 24.4 Å². The number of likely N-dealkylation sites (tertiary alicyclic amines) is 1. The van der Waals surface area contributed by atoms with Crippen molar-refractivity contribution in [1.29, 1.82) is 0 Å². The summed E-state index contributed by atoms with van der Waals surface area (Å²) < 4.78 is 16.5. The van der Waals surface area contributed by atoms with Crippen LogP contribution in [0.15, 0.2) is 48.7 Å². The van der Waals surface area contributed by atoms with Gasteiger partial charge in [0.25, 0.3) is 0 Å². The van der Waals surface area contributed by atoms with Crippen LogP contribution in [0, 0.1) is 0 Å². The summed E-state index contributed by atoms with van der Waals surface area (Å²) in [5, 5.41) is 13.6. The molecule has 1 saturated heterocycles. The van der Waals surface area contributed by atoms with Gasteiger partial charge in [0.15, 0.2) is 16.6 Å². The van der Waals surface area contributed by atoms with Crippen molar-refractivity contribution in [1.82, 2.24) is 9.88 Å². The van der Waals surface area contributed by atoms with Gasteiger partial charge in [0.2, 0.25) is 5.91 Å². The summed E-state index contributed by atoms with van der Waals surface area (Å²) in [5.41, 5.74) is 1.28. The molecular weight excluding hydrogens is 490 g/mol. The molecule has 8 nitrogen and oxygen atoms in total. The third-order valence-electron chi connectivity index (χ3n) is 7.48. The number of anilines is 1. The van der Waals surface area contributed by atoms with Gasteiger partial charge in [0.1, 0.15) is 5.75 Å². The molecule has 1 aliphatic heterocycles. The van der Waals surface area contributed by atoms with E-state index in [1.165, 1.54) is 18.4 Å². The van der Waals surface area contributed by atoms with Gasteiger partial charge in [-0.1, -0.05) is 35.6 Å². The average Bonchev–Trinajstić information content (AvgIpc) is 3.41. The number of hydrogen-bond acceptors (Lipinski definition) is 8. The predicted octanol–water partition coefficient (Wildman–Crippen LogP) is 4.74. The molecule has 2 aromatic carbocycles. The monoisotopic (exact) mass is 523 g/mol. The summed E-state index contributed by atoms with van der Waals surface area (Å²) in [6, 6.07) is 13.4. The third kappa shape index (κ3) is 4.91. The number of para-hydroxylation sites is 1. The van der Waals surface area contributed by atoms with Crippen molar-refractivity contribution in [3.8, 4) is 17.2 Å². The van der Waals surface area contributed by atoms with Gasteiger partial charge < -0.3 is 24.6 Å². The van der Waals surface area contributed by atoms with E-state index in [4.69, 9.17) is 14.2 Å². The zero-order valence-corrected chi connectivity index (χ0v) is 22.2. The molecule has 2 aliphatic rings. The third-order valence-corrected chi connectivity index (χ3v) is 8.44. The predicted molar refractivity (Wildman–Crippen MR) is 143 cm³/mol. The molecule has 1 aliphatic carbocycles. The average molecular weight is 524 g/mol. The van der Waals surface area contributed by atoms with E-state index in [9.17, 15) is 9.90 Å². The molecule has 2 N–H and O–H groups in total. The first kappa shape index (κ1) is 25.5. The number of phenols is 1. The number of aromatic hydroxyl groups is 1. The molecule has 1 aromatic heterocycles. The van der Waals surface area contributed by atoms with Gasteiger partial charge in [-0.15, -0.1) is 0 Å². The number of methoxy groups -OCH3 is 3. The van der Waals surface area contributed by atoms with Gasteiger partial charge in [-0.25, -0.2) is 4.98 Å². The van der Waals surface area contributed by atoms with Gasteiger partial charge in [-0.3, -0.25) is 9.69 Å². The van der Waals surface area contributed by atoms with E-state index in [2.05, 4.69) is 21.3 Å². The molecule has 196 valence electrons. The van der Waals surface area contributed by atoms with Crippen molar-refractivity contribution in [2.24, 2.45) is 0 Å². The second kappa shape index (κ2) is 10.7. The summed E-state index contributed by atoms with van der Waals surface area (Å²) in [4.78, 5) is 21.5. The normalized spacial score (nSPS) is 19.4. The van der Waals surface area contributed by atoms with E-state index < -0.39 is 5.41 Å². The lowest BCUT2D eigenvalue weighted by atomic mass is 9.94. The number of amides is 1. The Balaban J connectivity index is 1.42. The van der Waals surface area contributed by atoms with E-state index in [0.29, 0.717) is 23.5 Å². The molecule has 3 aromatic rings. The fourth-order valence-corrected chi connectivity index (χ4v) is 6.34. The maximum Gasteiger partial charge on any atom is 0.236 e. The number of thiazole rings is 1. The molecule has 1 saturated carbocycles. The van der Waals surface area contributed by atoms with E-state index in [0.717, 1.165) is 54.0 Å². The Kier molecular flexibility index (Phi) is 7.37. The zero-order chi connectivity index (χ0) is 26.0. The number of aromatic nitrogens is 1. The summed E-state index contributed by atoms with van der Waals surface area (Å²) in [6.45, 7) is 1.61. The second-order valence-corrected chi connectivity index (χ2v) is 10.7. The highest BCUT2D eigenvalue weighted by Crippen LogP contribution is 2.51. The van der Waals surface area contributed by atoms with Crippen molar-refractivity contribution >= 4 is 22.4 Å². The van der Waals surface area contributed by atoms with Gasteiger partial charge in [0, 0.05) is 29.8 Å². The van der Waals surface area contributed by atoms with Crippen LogP contribution in [0.25, 0.3) is 0 Å². The fraction of sp³-hybridized carbons (Fsp3) is 0.429. The number of carbonyl (C=O) groups excluding carboxylic acids is 1. The minimum absolute atomic E-state index is 0.0572. The summed E-state index contributed by atoms with van der Waals surface area (Å²) >= 11 is 1.49. The van der Waals surface area contributed by atoms with Crippen molar-refractivity contribution in [2.75, 3.05) is 39.8 Å². The van der Waals surface area contributed by atoms with Crippen LogP contribution < -0.4 is 14.8 Å². The lowest BCUT2D eigenvalue weighted by Crippen LogP contribution is -2.36. The topological polar surface area (TPSA) is 93.2 Å². The minimum Gasteiger partial charge on any atom is -0.504 e. The first-order valence-corrected chi connectivity index (χ1v) is 13.3. The molecule has 0 bridgehead atoms. The van der Waals surface area contributed by atoms with Gasteiger partial charge in [0.05, 0.1) is 32.3 Å². The van der Waals surface area contributed by atoms with Crippen molar-refractivity contribution < 1.29 is 24.1 Å². The molecule has 2 atom stereocenters. The summed E-state index contributed by atoms with van der Waals surface area (Å²) in [5.74, 6) is 1.16. The molecule has 5 rings (SSSR count). The van der Waals surface area contributed by atoms with E-state index in [-0.39, 0.29) is 17.7 Å². The number of nitrogens with zero attached hydrogens (tertiary/aromatic N) is 2. The quantitative estimate of drug-likeness (QED) is 0.397. The van der Waals surface area contributed by atoms with E-state index >= 15 is 0 Å². The molecule has 1 amide bonds. The van der Waals surface area contributed by atoms with Crippen molar-refractivity contribution in [2.45, 2.75) is 43.2 Å². The Bertz CT molecular complexity index is 1260. The Morgan fingerprint density at radius 1 is 1.19 bits per heavy atom. The van der Waals surface area contributed by atoms with Crippen LogP contribution in [0.3, 0.4) is 0 Å². The highest BCUT2D eigenvalue weighted by molar-refractivity contribution is 7.15. The van der Waals surface area contributed by atoms with E-state index in [1.54, 1.807) is 32.4 Å². The van der Waals surface area contributed by atoms with Crippen LogP contribution >= 0.6 is 11.3 Å². The molecule has 2 fully saturated rings. The lowest BCUT2D eigenvalue weighted by molar-refractivity contribution is -0.118. The molecular formula is C28H33N3O5S. The molecule has 0 radical (unpaired) electrons. The Morgan fingerprint density at radius 3 is 2.70 bits per heavy atom. The summed E-state index contributed by atoms with van der Waals surface area (Å²) in [6.07, 6.45) is 5.51. The number of hydrogen-bond donors (Lipinski definition) is 2. The van der Waals surface area contributed by atoms with Crippen molar-refractivity contribution in [3.63, 3.8) is 0 Å². The highest BCUT2D eigenvalue weighted by atomic mass is 32.1. The lowest BCUT2D eigenvalue weighted by Gasteiger charge is -2.33. The SMILES string of the molecule is COC[C@@H]1CCCN1C(c1cnc(NC(=O)C2(c3ccc(O)c(OC)c3)CC2)s1)c1ccccc1OC. The smallest absolute Gasteiger partial charge is 0.236 e. The van der Waals surface area contributed by atoms with Gasteiger partial charge in [-0.05, 0) is 56.0 Å². The maximum atomic E-state index is 13.4. The van der Waals surface area contributed by atoms with Gasteiger partial charge in [-0.2, -0.15) is 0 Å². The Morgan fingerprint density at radius 2 is 1.97 bits per heavy atom. The van der Waals surface area contributed by atoms with Crippen LogP contribution in [-0.2, 0) is 14.9 Å². The second-order valence-electron chi connectivity index (χ2n) is 9.62. The number of phenolic OH excluding ortho intramolecular Hbond substituents is 1. The number of carbonyl (C=O) groups is 1. The Labute approximate surface area is 221 Å². The highest BCUT2D eigenvalue weighted by Gasteiger charge is 2.52. The number of rotatable bonds is 10. The molecule has 1 unspecified atom stereocenters.